The minimum atomic E-state index is -4.21. The molecule has 0 heterocycles. The zero-order chi connectivity index (χ0) is 15.3. The summed E-state index contributed by atoms with van der Waals surface area (Å²) in [5.41, 5.74) is 1.49. The summed E-state index contributed by atoms with van der Waals surface area (Å²) >= 11 is 3.33. The van der Waals surface area contributed by atoms with Crippen molar-refractivity contribution >= 4 is 21.6 Å². The average Bonchev–Trinajstić information content (AvgIpc) is 2.33. The van der Waals surface area contributed by atoms with Crippen LogP contribution in [0.15, 0.2) is 22.7 Å². The molecule has 2 nitrogen and oxygen atoms in total. The molecule has 0 saturated carbocycles. The van der Waals surface area contributed by atoms with Crippen LogP contribution in [0.25, 0.3) is 0 Å². The van der Waals surface area contributed by atoms with E-state index in [2.05, 4.69) is 21.2 Å². The fraction of sp³-hybridized carbons (Fsp3) is 0.571. The van der Waals surface area contributed by atoms with Crippen LogP contribution in [-0.4, -0.2) is 25.3 Å². The second kappa shape index (κ2) is 7.31. The molecular weight excluding hydrogens is 333 g/mol. The SMILES string of the molecule is CCN(CC(F)(F)F)c1cc(Br)ccc1CNC(C)C. The van der Waals surface area contributed by atoms with Gasteiger partial charge in [-0.05, 0) is 24.6 Å². The number of alkyl halides is 3. The average molecular weight is 353 g/mol. The highest BCUT2D eigenvalue weighted by Gasteiger charge is 2.31. The number of nitrogens with zero attached hydrogens (tertiary/aromatic N) is 1. The van der Waals surface area contributed by atoms with Gasteiger partial charge in [0.25, 0.3) is 0 Å². The van der Waals surface area contributed by atoms with Gasteiger partial charge < -0.3 is 10.2 Å². The lowest BCUT2D eigenvalue weighted by Crippen LogP contribution is -2.35. The van der Waals surface area contributed by atoms with Gasteiger partial charge in [-0.3, -0.25) is 0 Å². The Morgan fingerprint density at radius 1 is 1.30 bits per heavy atom. The number of anilines is 1. The minimum Gasteiger partial charge on any atom is -0.363 e. The van der Waals surface area contributed by atoms with Crippen molar-refractivity contribution in [2.24, 2.45) is 0 Å². The first kappa shape index (κ1) is 17.3. The molecule has 0 amide bonds. The highest BCUT2D eigenvalue weighted by molar-refractivity contribution is 9.10. The molecule has 0 unspecified atom stereocenters. The molecule has 114 valence electrons. The first-order chi connectivity index (χ1) is 9.23. The Bertz CT molecular complexity index is 433. The Morgan fingerprint density at radius 3 is 2.45 bits per heavy atom. The highest BCUT2D eigenvalue weighted by atomic mass is 79.9. The van der Waals surface area contributed by atoms with Crippen molar-refractivity contribution < 1.29 is 13.2 Å². The van der Waals surface area contributed by atoms with E-state index in [9.17, 15) is 13.2 Å². The molecule has 0 aliphatic carbocycles. The first-order valence-corrected chi connectivity index (χ1v) is 7.35. The molecule has 0 atom stereocenters. The lowest BCUT2D eigenvalue weighted by atomic mass is 10.1. The molecule has 1 aromatic rings. The third-order valence-corrected chi connectivity index (χ3v) is 3.33. The van der Waals surface area contributed by atoms with Gasteiger partial charge in [-0.25, -0.2) is 0 Å². The summed E-state index contributed by atoms with van der Waals surface area (Å²) in [4.78, 5) is 1.35. The lowest BCUT2D eigenvalue weighted by Gasteiger charge is -2.27. The van der Waals surface area contributed by atoms with Gasteiger partial charge in [-0.2, -0.15) is 13.2 Å². The van der Waals surface area contributed by atoms with E-state index in [1.165, 1.54) is 4.90 Å². The molecule has 1 rings (SSSR count). The molecule has 0 radical (unpaired) electrons. The van der Waals surface area contributed by atoms with Crippen molar-refractivity contribution in [2.45, 2.75) is 39.5 Å². The van der Waals surface area contributed by atoms with Crippen molar-refractivity contribution in [1.29, 1.82) is 0 Å². The highest BCUT2D eigenvalue weighted by Crippen LogP contribution is 2.28. The van der Waals surface area contributed by atoms with Crippen molar-refractivity contribution in [1.82, 2.24) is 5.32 Å². The van der Waals surface area contributed by atoms with Crippen LogP contribution in [0.4, 0.5) is 18.9 Å². The third-order valence-electron chi connectivity index (χ3n) is 2.84. The van der Waals surface area contributed by atoms with E-state index < -0.39 is 12.7 Å². The molecule has 0 spiro atoms. The maximum atomic E-state index is 12.7. The molecule has 0 aromatic heterocycles. The van der Waals surface area contributed by atoms with Gasteiger partial charge >= 0.3 is 6.18 Å². The molecule has 1 aromatic carbocycles. The molecule has 0 aliphatic heterocycles. The molecule has 0 aliphatic rings. The van der Waals surface area contributed by atoms with E-state index >= 15 is 0 Å². The molecule has 0 saturated heterocycles. The van der Waals surface area contributed by atoms with E-state index in [-0.39, 0.29) is 6.04 Å². The monoisotopic (exact) mass is 352 g/mol. The van der Waals surface area contributed by atoms with Crippen LogP contribution in [0, 0.1) is 0 Å². The summed E-state index contributed by atoms with van der Waals surface area (Å²) in [5, 5.41) is 3.24. The van der Waals surface area contributed by atoms with Crippen molar-refractivity contribution in [3.05, 3.63) is 28.2 Å². The lowest BCUT2D eigenvalue weighted by molar-refractivity contribution is -0.119. The van der Waals surface area contributed by atoms with E-state index in [1.807, 2.05) is 26.0 Å². The maximum absolute atomic E-state index is 12.7. The van der Waals surface area contributed by atoms with E-state index in [4.69, 9.17) is 0 Å². The Kier molecular flexibility index (Phi) is 6.33. The number of rotatable bonds is 6. The Hall–Kier alpha value is -0.750. The molecule has 0 fully saturated rings. The smallest absolute Gasteiger partial charge is 0.363 e. The topological polar surface area (TPSA) is 15.3 Å². The van der Waals surface area contributed by atoms with Crippen molar-refractivity contribution in [3.63, 3.8) is 0 Å². The second-order valence-electron chi connectivity index (χ2n) is 4.94. The van der Waals surface area contributed by atoms with Crippen LogP contribution in [-0.2, 0) is 6.54 Å². The minimum absolute atomic E-state index is 0.282. The Labute approximate surface area is 126 Å². The molecule has 1 N–H and O–H groups in total. The second-order valence-corrected chi connectivity index (χ2v) is 5.85. The summed E-state index contributed by atoms with van der Waals surface area (Å²) in [7, 11) is 0. The fourth-order valence-corrected chi connectivity index (χ4v) is 2.23. The van der Waals surface area contributed by atoms with Gasteiger partial charge in [-0.1, -0.05) is 35.8 Å². The van der Waals surface area contributed by atoms with Gasteiger partial charge in [0.1, 0.15) is 6.54 Å². The van der Waals surface area contributed by atoms with Crippen LogP contribution in [0.1, 0.15) is 26.3 Å². The van der Waals surface area contributed by atoms with Crippen LogP contribution in [0.2, 0.25) is 0 Å². The summed E-state index contributed by atoms with van der Waals surface area (Å²) in [5.74, 6) is 0. The van der Waals surface area contributed by atoms with Crippen LogP contribution < -0.4 is 10.2 Å². The van der Waals surface area contributed by atoms with Crippen molar-refractivity contribution in [3.8, 4) is 0 Å². The van der Waals surface area contributed by atoms with E-state index in [1.54, 1.807) is 13.0 Å². The van der Waals surface area contributed by atoms with Crippen LogP contribution in [0.5, 0.6) is 0 Å². The summed E-state index contributed by atoms with van der Waals surface area (Å²) in [6.45, 7) is 5.66. The predicted octanol–water partition coefficient (Wildman–Crippen LogP) is 4.34. The van der Waals surface area contributed by atoms with Gasteiger partial charge in [0.2, 0.25) is 0 Å². The largest absolute Gasteiger partial charge is 0.405 e. The number of halogens is 4. The molecule has 0 bridgehead atoms. The zero-order valence-corrected chi connectivity index (χ0v) is 13.5. The fourth-order valence-electron chi connectivity index (χ4n) is 1.88. The standard InChI is InChI=1S/C14H20BrF3N2/c1-4-20(9-14(16,17)18)13-7-12(15)6-5-11(13)8-19-10(2)3/h5-7,10,19H,4,8-9H2,1-3H3. The normalized spacial score (nSPS) is 12.0. The Morgan fingerprint density at radius 2 is 1.95 bits per heavy atom. The summed E-state index contributed by atoms with van der Waals surface area (Å²) in [6.07, 6.45) is -4.21. The van der Waals surface area contributed by atoms with Crippen LogP contribution in [0.3, 0.4) is 0 Å². The van der Waals surface area contributed by atoms with Gasteiger partial charge in [0, 0.05) is 29.3 Å². The van der Waals surface area contributed by atoms with Crippen molar-refractivity contribution in [2.75, 3.05) is 18.0 Å². The summed E-state index contributed by atoms with van der Waals surface area (Å²) in [6, 6.07) is 5.73. The summed E-state index contributed by atoms with van der Waals surface area (Å²) < 4.78 is 38.7. The maximum Gasteiger partial charge on any atom is 0.405 e. The molecule has 20 heavy (non-hydrogen) atoms. The number of hydrogen-bond donors (Lipinski definition) is 1. The zero-order valence-electron chi connectivity index (χ0n) is 11.9. The first-order valence-electron chi connectivity index (χ1n) is 6.56. The van der Waals surface area contributed by atoms with Gasteiger partial charge in [-0.15, -0.1) is 0 Å². The number of nitrogens with one attached hydrogen (secondary N) is 1. The Balaban J connectivity index is 3.02. The van der Waals surface area contributed by atoms with Gasteiger partial charge in [0.05, 0.1) is 0 Å². The number of hydrogen-bond acceptors (Lipinski definition) is 2. The quantitative estimate of drug-likeness (QED) is 0.819. The number of benzene rings is 1. The van der Waals surface area contributed by atoms with Crippen LogP contribution >= 0.6 is 15.9 Å². The van der Waals surface area contributed by atoms with E-state index in [0.717, 1.165) is 10.0 Å². The third kappa shape index (κ3) is 5.71. The predicted molar refractivity (Wildman–Crippen MR) is 80.1 cm³/mol. The van der Waals surface area contributed by atoms with Gasteiger partial charge in [0.15, 0.2) is 0 Å². The molecule has 6 heteroatoms. The van der Waals surface area contributed by atoms with E-state index in [0.29, 0.717) is 18.8 Å². The molecular formula is C14H20BrF3N2.